The Morgan fingerprint density at radius 3 is 1.27 bits per heavy atom. The van der Waals surface area contributed by atoms with E-state index in [1.807, 2.05) is 12.1 Å². The predicted molar refractivity (Wildman–Crippen MR) is 38.4 cm³/mol. The molecule has 11 heavy (non-hydrogen) atoms. The molecule has 3 heteroatoms. The minimum absolute atomic E-state index is 0. The molecule has 0 unspecified atom stereocenters. The van der Waals surface area contributed by atoms with Crippen molar-refractivity contribution in [1.29, 1.82) is 10.5 Å². The van der Waals surface area contributed by atoms with E-state index in [9.17, 15) is 0 Å². The summed E-state index contributed by atoms with van der Waals surface area (Å²) in [7, 11) is 0. The molecule has 0 radical (unpaired) electrons. The smallest absolute Gasteiger partial charge is 0.0991 e. The van der Waals surface area contributed by atoms with Crippen LogP contribution in [0.1, 0.15) is 11.1 Å². The monoisotopic (exact) mass is 148 g/mol. The van der Waals surface area contributed by atoms with Crippen molar-refractivity contribution in [2.24, 2.45) is 0 Å². The number of benzene rings is 1. The maximum absolute atomic E-state index is 8.37. The van der Waals surface area contributed by atoms with Gasteiger partial charge in [-0.3, -0.25) is 4.70 Å². The normalized spacial score (nSPS) is 7.09. The topological polar surface area (TPSA) is 47.6 Å². The van der Waals surface area contributed by atoms with Crippen LogP contribution in [0.3, 0.4) is 0 Å². The van der Waals surface area contributed by atoms with Gasteiger partial charge in [0.25, 0.3) is 0 Å². The van der Waals surface area contributed by atoms with Crippen LogP contribution in [0, 0.1) is 22.7 Å². The highest BCUT2D eigenvalue weighted by molar-refractivity contribution is 5.36. The quantitative estimate of drug-likeness (QED) is 0.560. The molecule has 0 saturated heterocycles. The highest BCUT2D eigenvalue weighted by atomic mass is 19.0. The van der Waals surface area contributed by atoms with Gasteiger partial charge in [-0.05, 0) is 24.3 Å². The number of nitrogens with zero attached hydrogens (tertiary/aromatic N) is 2. The molecule has 1 rings (SSSR count). The third kappa shape index (κ3) is 2.08. The lowest BCUT2D eigenvalue weighted by atomic mass is 10.2. The van der Waals surface area contributed by atoms with Gasteiger partial charge in [0.1, 0.15) is 0 Å². The number of nitriles is 2. The van der Waals surface area contributed by atoms with Crippen molar-refractivity contribution in [2.75, 3.05) is 0 Å². The summed E-state index contributed by atoms with van der Waals surface area (Å²) in [5.74, 6) is 0. The van der Waals surface area contributed by atoms with Gasteiger partial charge in [0.15, 0.2) is 0 Å². The van der Waals surface area contributed by atoms with Crippen LogP contribution in [0.4, 0.5) is 4.70 Å². The molecule has 54 valence electrons. The number of hydrogen-bond acceptors (Lipinski definition) is 2. The summed E-state index contributed by atoms with van der Waals surface area (Å²) in [5, 5.41) is 16.7. The van der Waals surface area contributed by atoms with Gasteiger partial charge in [0, 0.05) is 0 Å². The summed E-state index contributed by atoms with van der Waals surface area (Å²) >= 11 is 0. The van der Waals surface area contributed by atoms with Crippen molar-refractivity contribution in [3.05, 3.63) is 35.4 Å². The maximum atomic E-state index is 8.37. The van der Waals surface area contributed by atoms with Gasteiger partial charge < -0.3 is 0 Å². The van der Waals surface area contributed by atoms with E-state index in [2.05, 4.69) is 0 Å². The fourth-order valence-corrected chi connectivity index (χ4v) is 0.619. The summed E-state index contributed by atoms with van der Waals surface area (Å²) in [6.45, 7) is 0. The van der Waals surface area contributed by atoms with E-state index < -0.39 is 0 Å². The number of halogens is 1. The molecule has 0 fully saturated rings. The minimum Gasteiger partial charge on any atom is -0.269 e. The van der Waals surface area contributed by atoms with Crippen LogP contribution >= 0.6 is 0 Å². The average molecular weight is 148 g/mol. The van der Waals surface area contributed by atoms with Crippen LogP contribution in [0.15, 0.2) is 24.3 Å². The molecule has 0 aliphatic heterocycles. The largest absolute Gasteiger partial charge is 0.269 e. The molecule has 0 aromatic heterocycles. The molecule has 0 atom stereocenters. The molecule has 0 saturated carbocycles. The van der Waals surface area contributed by atoms with Crippen LogP contribution in [-0.2, 0) is 0 Å². The van der Waals surface area contributed by atoms with E-state index in [4.69, 9.17) is 10.5 Å². The van der Waals surface area contributed by atoms with Crippen molar-refractivity contribution in [3.8, 4) is 12.1 Å². The molecule has 0 heterocycles. The van der Waals surface area contributed by atoms with Gasteiger partial charge in [-0.15, -0.1) is 0 Å². The second-order valence-corrected chi connectivity index (χ2v) is 1.80. The average Bonchev–Trinajstić information content (AvgIpc) is 2.05. The minimum atomic E-state index is 0. The first-order valence-corrected chi connectivity index (χ1v) is 2.77. The van der Waals surface area contributed by atoms with Crippen LogP contribution in [0.25, 0.3) is 0 Å². The Kier molecular flexibility index (Phi) is 3.34. The Bertz CT molecular complexity index is 269. The maximum Gasteiger partial charge on any atom is 0.0991 e. The van der Waals surface area contributed by atoms with E-state index in [1.165, 1.54) is 0 Å². The van der Waals surface area contributed by atoms with Crippen LogP contribution in [-0.4, -0.2) is 0 Å². The Morgan fingerprint density at radius 2 is 1.09 bits per heavy atom. The van der Waals surface area contributed by atoms with E-state index in [0.29, 0.717) is 11.1 Å². The highest BCUT2D eigenvalue weighted by Gasteiger charge is 1.88. The molecule has 2 nitrogen and oxygen atoms in total. The third-order valence-electron chi connectivity index (χ3n) is 1.14. The molecule has 0 N–H and O–H groups in total. The molecule has 0 bridgehead atoms. The SMILES string of the molecule is F.N#Cc1ccc(C#N)cc1. The zero-order valence-electron chi connectivity index (χ0n) is 5.61. The van der Waals surface area contributed by atoms with Crippen LogP contribution in [0.2, 0.25) is 0 Å². The zero-order valence-corrected chi connectivity index (χ0v) is 5.61. The summed E-state index contributed by atoms with van der Waals surface area (Å²) in [6.07, 6.45) is 0. The van der Waals surface area contributed by atoms with Crippen molar-refractivity contribution in [2.45, 2.75) is 0 Å². The fourth-order valence-electron chi connectivity index (χ4n) is 0.619. The molecule has 0 amide bonds. The second-order valence-electron chi connectivity index (χ2n) is 1.80. The first-order valence-electron chi connectivity index (χ1n) is 2.77. The van der Waals surface area contributed by atoms with Gasteiger partial charge in [0.05, 0.1) is 23.3 Å². The van der Waals surface area contributed by atoms with Crippen LogP contribution in [0.5, 0.6) is 0 Å². The molecule has 0 aliphatic carbocycles. The van der Waals surface area contributed by atoms with Crippen molar-refractivity contribution in [3.63, 3.8) is 0 Å². The highest BCUT2D eigenvalue weighted by Crippen LogP contribution is 2.00. The Balaban J connectivity index is 0.000001000. The molecule has 0 aliphatic rings. The van der Waals surface area contributed by atoms with Gasteiger partial charge in [-0.1, -0.05) is 0 Å². The lowest BCUT2D eigenvalue weighted by Crippen LogP contribution is -1.74. The van der Waals surface area contributed by atoms with Gasteiger partial charge in [-0.2, -0.15) is 10.5 Å². The summed E-state index contributed by atoms with van der Waals surface area (Å²) in [6, 6.07) is 10.4. The first-order chi connectivity index (χ1) is 4.86. The first kappa shape index (κ1) is 9.13. The third-order valence-corrected chi connectivity index (χ3v) is 1.14. The number of hydrogen-bond donors (Lipinski definition) is 0. The molecule has 1 aromatic rings. The fraction of sp³-hybridized carbons (Fsp3) is 0. The Morgan fingerprint density at radius 1 is 0.818 bits per heavy atom. The van der Waals surface area contributed by atoms with Crippen LogP contribution < -0.4 is 0 Å². The second kappa shape index (κ2) is 4.03. The predicted octanol–water partition coefficient (Wildman–Crippen LogP) is 1.58. The Hall–Kier alpha value is -1.87. The number of rotatable bonds is 0. The van der Waals surface area contributed by atoms with Crippen molar-refractivity contribution < 1.29 is 4.70 Å². The van der Waals surface area contributed by atoms with E-state index in [1.54, 1.807) is 24.3 Å². The van der Waals surface area contributed by atoms with E-state index in [0.717, 1.165) is 0 Å². The molecular weight excluding hydrogens is 143 g/mol. The summed E-state index contributed by atoms with van der Waals surface area (Å²) < 4.78 is 0. The molecular formula is C8H5FN2. The van der Waals surface area contributed by atoms with Crippen molar-refractivity contribution in [1.82, 2.24) is 0 Å². The summed E-state index contributed by atoms with van der Waals surface area (Å²) in [4.78, 5) is 0. The summed E-state index contributed by atoms with van der Waals surface area (Å²) in [5.41, 5.74) is 1.16. The molecule has 1 aromatic carbocycles. The van der Waals surface area contributed by atoms with Gasteiger partial charge in [0.2, 0.25) is 0 Å². The molecule has 0 spiro atoms. The van der Waals surface area contributed by atoms with Gasteiger partial charge in [-0.25, -0.2) is 0 Å². The lowest BCUT2D eigenvalue weighted by Gasteiger charge is -1.85. The lowest BCUT2D eigenvalue weighted by molar-refractivity contribution is 1.11. The zero-order chi connectivity index (χ0) is 7.40. The standard InChI is InChI=1S/C8H4N2.FH/c9-5-7-1-2-8(6-10)4-3-7;/h1-4H;1H. The Labute approximate surface area is 63.7 Å². The van der Waals surface area contributed by atoms with E-state index >= 15 is 0 Å². The van der Waals surface area contributed by atoms with Crippen molar-refractivity contribution >= 4 is 0 Å². The van der Waals surface area contributed by atoms with Gasteiger partial charge >= 0.3 is 0 Å². The van der Waals surface area contributed by atoms with E-state index in [-0.39, 0.29) is 4.70 Å².